The van der Waals surface area contributed by atoms with E-state index in [9.17, 15) is 0 Å². The van der Waals surface area contributed by atoms with Crippen molar-refractivity contribution >= 4 is 0 Å². The molecule has 2 rings (SSSR count). The Labute approximate surface area is 145 Å². The second kappa shape index (κ2) is 8.85. The molecule has 1 atom stereocenters. The number of hydrogen-bond acceptors (Lipinski definition) is 2. The molecule has 0 aromatic carbocycles. The molecule has 0 aromatic heterocycles. The fraction of sp³-hybridized carbons (Fsp3) is 1.00. The van der Waals surface area contributed by atoms with E-state index < -0.39 is 0 Å². The van der Waals surface area contributed by atoms with Crippen LogP contribution in [0.3, 0.4) is 0 Å². The van der Waals surface area contributed by atoms with Crippen molar-refractivity contribution in [2.75, 3.05) is 33.7 Å². The lowest BCUT2D eigenvalue weighted by Crippen LogP contribution is -2.48. The maximum Gasteiger partial charge on any atom is -0.00152 e. The SMILES string of the molecule is CCCC1(CCC)CCC2(CCNCC2CCCN(C)C)CC1. The third kappa shape index (κ3) is 4.95. The Kier molecular flexibility index (Phi) is 7.41. The predicted molar refractivity (Wildman–Crippen MR) is 102 cm³/mol. The molecule has 1 unspecified atom stereocenters. The highest BCUT2D eigenvalue weighted by Crippen LogP contribution is 2.55. The summed E-state index contributed by atoms with van der Waals surface area (Å²) in [6.07, 6.45) is 16.0. The molecule has 2 fully saturated rings. The standard InChI is InChI=1S/C21H42N2/c1-5-9-20(10-6-2)11-13-21(14-12-20)15-16-22-18-19(21)8-7-17-23(3)4/h19,22H,5-18H2,1-4H3. The maximum absolute atomic E-state index is 3.70. The molecule has 0 aromatic rings. The molecule has 1 saturated carbocycles. The third-order valence-corrected chi connectivity index (χ3v) is 7.08. The molecule has 2 nitrogen and oxygen atoms in total. The lowest BCUT2D eigenvalue weighted by molar-refractivity contribution is -0.00687. The topological polar surface area (TPSA) is 15.3 Å². The summed E-state index contributed by atoms with van der Waals surface area (Å²) < 4.78 is 0. The van der Waals surface area contributed by atoms with E-state index in [1.807, 2.05) is 0 Å². The second-order valence-corrected chi connectivity index (χ2v) is 8.96. The van der Waals surface area contributed by atoms with Gasteiger partial charge in [0.15, 0.2) is 0 Å². The number of nitrogens with zero attached hydrogens (tertiary/aromatic N) is 1. The van der Waals surface area contributed by atoms with Crippen LogP contribution in [0.5, 0.6) is 0 Å². The Balaban J connectivity index is 1.96. The first-order chi connectivity index (χ1) is 11.1. The van der Waals surface area contributed by atoms with Gasteiger partial charge < -0.3 is 10.2 Å². The molecule has 23 heavy (non-hydrogen) atoms. The van der Waals surface area contributed by atoms with Crippen LogP contribution in [0.15, 0.2) is 0 Å². The van der Waals surface area contributed by atoms with Crippen molar-refractivity contribution in [2.45, 2.75) is 84.5 Å². The summed E-state index contributed by atoms with van der Waals surface area (Å²) in [6.45, 7) is 8.57. The molecule has 0 amide bonds. The molecule has 0 bridgehead atoms. The van der Waals surface area contributed by atoms with Gasteiger partial charge in [-0.05, 0) is 108 Å². The first-order valence-electron chi connectivity index (χ1n) is 10.4. The first kappa shape index (κ1) is 19.2. The van der Waals surface area contributed by atoms with Crippen molar-refractivity contribution in [3.8, 4) is 0 Å². The van der Waals surface area contributed by atoms with E-state index in [1.165, 1.54) is 90.3 Å². The minimum Gasteiger partial charge on any atom is -0.316 e. The van der Waals surface area contributed by atoms with E-state index in [-0.39, 0.29) is 0 Å². The molecule has 1 aliphatic heterocycles. The van der Waals surface area contributed by atoms with E-state index in [1.54, 1.807) is 0 Å². The lowest BCUT2D eigenvalue weighted by Gasteiger charge is -2.53. The van der Waals surface area contributed by atoms with Crippen LogP contribution in [0.1, 0.15) is 84.5 Å². The molecular formula is C21H42N2. The van der Waals surface area contributed by atoms with Crippen molar-refractivity contribution in [3.63, 3.8) is 0 Å². The zero-order valence-electron chi connectivity index (χ0n) is 16.4. The molecule has 0 radical (unpaired) electrons. The summed E-state index contributed by atoms with van der Waals surface area (Å²) in [5, 5.41) is 3.70. The van der Waals surface area contributed by atoms with Crippen molar-refractivity contribution in [2.24, 2.45) is 16.7 Å². The van der Waals surface area contributed by atoms with Gasteiger partial charge in [-0.25, -0.2) is 0 Å². The van der Waals surface area contributed by atoms with E-state index in [4.69, 9.17) is 0 Å². The van der Waals surface area contributed by atoms with E-state index in [2.05, 4.69) is 38.2 Å². The van der Waals surface area contributed by atoms with Gasteiger partial charge in [0.05, 0.1) is 0 Å². The van der Waals surface area contributed by atoms with Gasteiger partial charge in [-0.1, -0.05) is 26.7 Å². The van der Waals surface area contributed by atoms with Gasteiger partial charge in [-0.2, -0.15) is 0 Å². The molecule has 136 valence electrons. The minimum atomic E-state index is 0.683. The maximum atomic E-state index is 3.70. The summed E-state index contributed by atoms with van der Waals surface area (Å²) in [6, 6.07) is 0. The van der Waals surface area contributed by atoms with Crippen molar-refractivity contribution in [3.05, 3.63) is 0 Å². The second-order valence-electron chi connectivity index (χ2n) is 8.96. The first-order valence-corrected chi connectivity index (χ1v) is 10.4. The lowest BCUT2D eigenvalue weighted by atomic mass is 9.54. The molecular weight excluding hydrogens is 280 g/mol. The molecule has 1 aliphatic carbocycles. The van der Waals surface area contributed by atoms with Gasteiger partial charge >= 0.3 is 0 Å². The van der Waals surface area contributed by atoms with Gasteiger partial charge in [0, 0.05) is 0 Å². The normalized spacial score (nSPS) is 26.7. The molecule has 1 spiro atoms. The van der Waals surface area contributed by atoms with E-state index >= 15 is 0 Å². The highest BCUT2D eigenvalue weighted by atomic mass is 15.0. The molecule has 1 N–H and O–H groups in total. The summed E-state index contributed by atoms with van der Waals surface area (Å²) >= 11 is 0. The van der Waals surface area contributed by atoms with Gasteiger partial charge in [-0.3, -0.25) is 0 Å². The monoisotopic (exact) mass is 322 g/mol. The number of piperidine rings is 1. The van der Waals surface area contributed by atoms with Crippen LogP contribution < -0.4 is 5.32 Å². The van der Waals surface area contributed by atoms with Crippen molar-refractivity contribution in [1.29, 1.82) is 0 Å². The van der Waals surface area contributed by atoms with Crippen LogP contribution in [0.2, 0.25) is 0 Å². The molecule has 1 heterocycles. The average molecular weight is 323 g/mol. The number of nitrogens with one attached hydrogen (secondary N) is 1. The van der Waals surface area contributed by atoms with Gasteiger partial charge in [0.25, 0.3) is 0 Å². The van der Waals surface area contributed by atoms with Crippen LogP contribution in [-0.2, 0) is 0 Å². The summed E-state index contributed by atoms with van der Waals surface area (Å²) in [7, 11) is 4.42. The Morgan fingerprint density at radius 3 is 2.17 bits per heavy atom. The smallest absolute Gasteiger partial charge is 0.00152 e. The Morgan fingerprint density at radius 2 is 1.61 bits per heavy atom. The van der Waals surface area contributed by atoms with E-state index in [0.717, 1.165) is 5.92 Å². The van der Waals surface area contributed by atoms with Crippen LogP contribution >= 0.6 is 0 Å². The Morgan fingerprint density at radius 1 is 0.957 bits per heavy atom. The summed E-state index contributed by atoms with van der Waals surface area (Å²) in [4.78, 5) is 2.34. The Bertz CT molecular complexity index is 321. The van der Waals surface area contributed by atoms with Gasteiger partial charge in [0.2, 0.25) is 0 Å². The number of rotatable bonds is 8. The average Bonchev–Trinajstić information content (AvgIpc) is 2.53. The predicted octanol–water partition coefficient (Wildman–Crippen LogP) is 5.08. The van der Waals surface area contributed by atoms with Gasteiger partial charge in [-0.15, -0.1) is 0 Å². The molecule has 1 saturated heterocycles. The van der Waals surface area contributed by atoms with E-state index in [0.29, 0.717) is 10.8 Å². The molecule has 2 aliphatic rings. The fourth-order valence-electron chi connectivity index (χ4n) is 5.72. The summed E-state index contributed by atoms with van der Waals surface area (Å²) in [5.74, 6) is 0.928. The third-order valence-electron chi connectivity index (χ3n) is 7.08. The van der Waals surface area contributed by atoms with Crippen molar-refractivity contribution in [1.82, 2.24) is 10.2 Å². The number of hydrogen-bond donors (Lipinski definition) is 1. The minimum absolute atomic E-state index is 0.683. The quantitative estimate of drug-likeness (QED) is 0.670. The van der Waals surface area contributed by atoms with Crippen LogP contribution in [-0.4, -0.2) is 38.6 Å². The van der Waals surface area contributed by atoms with Crippen LogP contribution in [0.4, 0.5) is 0 Å². The van der Waals surface area contributed by atoms with Gasteiger partial charge in [0.1, 0.15) is 0 Å². The zero-order valence-corrected chi connectivity index (χ0v) is 16.4. The Hall–Kier alpha value is -0.0800. The zero-order chi connectivity index (χ0) is 16.8. The highest BCUT2D eigenvalue weighted by Gasteiger charge is 2.46. The van der Waals surface area contributed by atoms with Crippen molar-refractivity contribution < 1.29 is 0 Å². The highest BCUT2D eigenvalue weighted by molar-refractivity contribution is 4.98. The van der Waals surface area contributed by atoms with Crippen LogP contribution in [0, 0.1) is 16.7 Å². The fourth-order valence-corrected chi connectivity index (χ4v) is 5.72. The molecule has 2 heteroatoms. The largest absolute Gasteiger partial charge is 0.316 e. The van der Waals surface area contributed by atoms with Crippen LogP contribution in [0.25, 0.3) is 0 Å². The summed E-state index contributed by atoms with van der Waals surface area (Å²) in [5.41, 5.74) is 1.39.